The van der Waals surface area contributed by atoms with Crippen molar-refractivity contribution < 1.29 is 15.0 Å². The van der Waals surface area contributed by atoms with Crippen LogP contribution in [0, 0.1) is 0 Å². The Morgan fingerprint density at radius 1 is 2.00 bits per heavy atom. The van der Waals surface area contributed by atoms with Gasteiger partial charge in [-0.15, -0.1) is 0 Å². The summed E-state index contributed by atoms with van der Waals surface area (Å²) < 4.78 is 0. The molecule has 0 aliphatic rings. The highest BCUT2D eigenvalue weighted by atomic mass is 16.4. The van der Waals surface area contributed by atoms with Gasteiger partial charge in [-0.3, -0.25) is 0 Å². The molecule has 0 radical (unpaired) electrons. The monoisotopic (exact) mass is 104 g/mol. The molecule has 0 aliphatic carbocycles. The van der Waals surface area contributed by atoms with E-state index in [4.69, 9.17) is 10.8 Å². The van der Waals surface area contributed by atoms with Crippen molar-refractivity contribution in [2.45, 2.75) is 6.04 Å². The van der Waals surface area contributed by atoms with Crippen LogP contribution in [0.1, 0.15) is 0 Å². The third kappa shape index (κ3) is 2.13. The normalized spacial score (nSPS) is 13.4. The van der Waals surface area contributed by atoms with Crippen LogP contribution >= 0.6 is 0 Å². The minimum Gasteiger partial charge on any atom is -0.548 e. The highest BCUT2D eigenvalue weighted by Gasteiger charge is 1.96. The minimum absolute atomic E-state index is 0.567. The molecule has 0 amide bonds. The van der Waals surface area contributed by atoms with Gasteiger partial charge in [0.2, 0.25) is 0 Å². The van der Waals surface area contributed by atoms with Gasteiger partial charge >= 0.3 is 0 Å². The maximum atomic E-state index is 9.53. The number of hydrogen-bond acceptors (Lipinski definition) is 4. The Balaban J connectivity index is 3.34. The Labute approximate surface area is 40.6 Å². The van der Waals surface area contributed by atoms with Gasteiger partial charge in [-0.2, -0.15) is 0 Å². The number of carbonyl (C=O) groups excluding carboxylic acids is 1. The van der Waals surface area contributed by atoms with Crippen LogP contribution in [0.25, 0.3) is 0 Å². The number of rotatable bonds is 2. The number of carbonyl (C=O) groups is 1. The van der Waals surface area contributed by atoms with Crippen molar-refractivity contribution in [2.75, 3.05) is 6.61 Å². The van der Waals surface area contributed by atoms with Crippen LogP contribution in [0.3, 0.4) is 0 Å². The molecule has 0 unspecified atom stereocenters. The van der Waals surface area contributed by atoms with Gasteiger partial charge in [-0.1, -0.05) is 0 Å². The maximum absolute atomic E-state index is 9.53. The largest absolute Gasteiger partial charge is 0.548 e. The number of nitrogens with two attached hydrogens (primary N) is 1. The van der Waals surface area contributed by atoms with E-state index in [0.717, 1.165) is 0 Å². The van der Waals surface area contributed by atoms with Gasteiger partial charge in [0, 0.05) is 0 Å². The number of aliphatic hydroxyl groups is 1. The molecule has 4 heteroatoms. The SMILES string of the molecule is N[C@@H](CO)C(=O)[O-]. The molecule has 0 saturated heterocycles. The van der Waals surface area contributed by atoms with Gasteiger partial charge in [-0.25, -0.2) is 0 Å². The quantitative estimate of drug-likeness (QED) is 0.392. The summed E-state index contributed by atoms with van der Waals surface area (Å²) in [7, 11) is 0. The van der Waals surface area contributed by atoms with Crippen LogP contribution in [-0.4, -0.2) is 23.7 Å². The summed E-state index contributed by atoms with van der Waals surface area (Å²) in [5, 5.41) is 17.5. The molecular formula is C3H6NO3-. The van der Waals surface area contributed by atoms with Crippen molar-refractivity contribution in [2.24, 2.45) is 5.73 Å². The Morgan fingerprint density at radius 3 is 2.43 bits per heavy atom. The third-order valence-electron chi connectivity index (χ3n) is 0.499. The summed E-state index contributed by atoms with van der Waals surface area (Å²) in [6.45, 7) is -0.567. The second kappa shape index (κ2) is 2.54. The molecule has 0 fully saturated rings. The first-order valence-electron chi connectivity index (χ1n) is 1.75. The van der Waals surface area contributed by atoms with E-state index in [0.29, 0.717) is 0 Å². The molecule has 0 aromatic heterocycles. The smallest absolute Gasteiger partial charge is 0.0677 e. The Hall–Kier alpha value is -0.610. The molecule has 0 rings (SSSR count). The van der Waals surface area contributed by atoms with Crippen LogP contribution in [0.4, 0.5) is 0 Å². The fourth-order valence-electron chi connectivity index (χ4n) is 0.0745. The molecule has 0 saturated carbocycles. The van der Waals surface area contributed by atoms with E-state index in [-0.39, 0.29) is 0 Å². The standard InChI is InChI=1S/C3H7NO3/c4-2(1-5)3(6)7/h2,5H,1,4H2,(H,6,7)/p-1/t2-/m0/s1. The van der Waals surface area contributed by atoms with Crippen molar-refractivity contribution in [1.82, 2.24) is 0 Å². The number of carboxylic acid groups (broad SMARTS) is 1. The molecule has 7 heavy (non-hydrogen) atoms. The fraction of sp³-hybridized carbons (Fsp3) is 0.667. The molecule has 1 atom stereocenters. The van der Waals surface area contributed by atoms with Crippen molar-refractivity contribution >= 4 is 5.97 Å². The summed E-state index contributed by atoms with van der Waals surface area (Å²) in [5.41, 5.74) is 4.70. The molecule has 0 aromatic rings. The summed E-state index contributed by atoms with van der Waals surface area (Å²) >= 11 is 0. The van der Waals surface area contributed by atoms with Gasteiger partial charge in [-0.05, 0) is 0 Å². The number of hydrogen-bond donors (Lipinski definition) is 2. The zero-order valence-electron chi connectivity index (χ0n) is 3.63. The molecule has 0 bridgehead atoms. The molecule has 42 valence electrons. The predicted octanol–water partition coefficient (Wildman–Crippen LogP) is -2.94. The lowest BCUT2D eigenvalue weighted by Crippen LogP contribution is -2.44. The van der Waals surface area contributed by atoms with Crippen LogP contribution in [0.15, 0.2) is 0 Å². The summed E-state index contributed by atoms with van der Waals surface area (Å²) in [4.78, 5) is 9.53. The second-order valence-corrected chi connectivity index (χ2v) is 1.11. The van der Waals surface area contributed by atoms with E-state index < -0.39 is 18.6 Å². The van der Waals surface area contributed by atoms with Gasteiger partial charge in [0.25, 0.3) is 0 Å². The van der Waals surface area contributed by atoms with Crippen molar-refractivity contribution in [3.05, 3.63) is 0 Å². The van der Waals surface area contributed by atoms with E-state index >= 15 is 0 Å². The highest BCUT2D eigenvalue weighted by Crippen LogP contribution is 1.66. The Bertz CT molecular complexity index is 72.6. The number of aliphatic carboxylic acids is 1. The minimum atomic E-state index is -1.43. The lowest BCUT2D eigenvalue weighted by atomic mass is 10.3. The molecule has 0 spiro atoms. The summed E-state index contributed by atoms with van der Waals surface area (Å²) in [6.07, 6.45) is 0. The van der Waals surface area contributed by atoms with Crippen LogP contribution in [-0.2, 0) is 4.79 Å². The Morgan fingerprint density at radius 2 is 2.43 bits per heavy atom. The van der Waals surface area contributed by atoms with E-state index in [1.807, 2.05) is 0 Å². The molecule has 4 nitrogen and oxygen atoms in total. The first-order valence-corrected chi connectivity index (χ1v) is 1.75. The molecule has 3 N–H and O–H groups in total. The van der Waals surface area contributed by atoms with E-state index in [1.165, 1.54) is 0 Å². The topological polar surface area (TPSA) is 86.4 Å². The van der Waals surface area contributed by atoms with Crippen LogP contribution < -0.4 is 10.8 Å². The summed E-state index contributed by atoms with van der Waals surface area (Å²) in [6, 6.07) is -1.24. The Kier molecular flexibility index (Phi) is 2.32. The molecular weight excluding hydrogens is 98.0 g/mol. The van der Waals surface area contributed by atoms with Gasteiger partial charge in [0.15, 0.2) is 0 Å². The van der Waals surface area contributed by atoms with Crippen molar-refractivity contribution in [1.29, 1.82) is 0 Å². The molecule has 0 aromatic carbocycles. The van der Waals surface area contributed by atoms with Gasteiger partial charge in [0.05, 0.1) is 18.6 Å². The van der Waals surface area contributed by atoms with Crippen molar-refractivity contribution in [3.63, 3.8) is 0 Å². The second-order valence-electron chi connectivity index (χ2n) is 1.11. The lowest BCUT2D eigenvalue weighted by molar-refractivity contribution is -0.308. The molecule has 0 aliphatic heterocycles. The number of aliphatic hydroxyl groups excluding tert-OH is 1. The average molecular weight is 104 g/mol. The van der Waals surface area contributed by atoms with E-state index in [2.05, 4.69) is 0 Å². The van der Waals surface area contributed by atoms with E-state index in [1.54, 1.807) is 0 Å². The molecule has 0 heterocycles. The number of carboxylic acids is 1. The highest BCUT2D eigenvalue weighted by molar-refractivity contribution is 5.70. The average Bonchev–Trinajstić information content (AvgIpc) is 1.65. The lowest BCUT2D eigenvalue weighted by Gasteiger charge is -2.06. The van der Waals surface area contributed by atoms with Crippen LogP contribution in [0.2, 0.25) is 0 Å². The van der Waals surface area contributed by atoms with Crippen LogP contribution in [0.5, 0.6) is 0 Å². The zero-order chi connectivity index (χ0) is 5.86. The predicted molar refractivity (Wildman–Crippen MR) is 20.1 cm³/mol. The van der Waals surface area contributed by atoms with Crippen molar-refractivity contribution in [3.8, 4) is 0 Å². The van der Waals surface area contributed by atoms with E-state index in [9.17, 15) is 9.90 Å². The third-order valence-corrected chi connectivity index (χ3v) is 0.499. The maximum Gasteiger partial charge on any atom is 0.0677 e. The fourth-order valence-corrected chi connectivity index (χ4v) is 0.0745. The zero-order valence-corrected chi connectivity index (χ0v) is 3.63. The summed E-state index contributed by atoms with van der Waals surface area (Å²) in [5.74, 6) is -1.43. The van der Waals surface area contributed by atoms with Gasteiger partial charge in [0.1, 0.15) is 0 Å². The first kappa shape index (κ1) is 6.39. The first-order chi connectivity index (χ1) is 3.18. The van der Waals surface area contributed by atoms with Gasteiger partial charge < -0.3 is 20.7 Å².